The lowest BCUT2D eigenvalue weighted by atomic mass is 10.2. The van der Waals surface area contributed by atoms with E-state index in [-0.39, 0.29) is 11.1 Å². The van der Waals surface area contributed by atoms with E-state index in [1.165, 1.54) is 6.08 Å². The number of aromatic nitrogens is 3. The molecule has 0 aliphatic heterocycles. The van der Waals surface area contributed by atoms with E-state index < -0.39 is 0 Å². The van der Waals surface area contributed by atoms with Crippen molar-refractivity contribution in [3.05, 3.63) is 67.7 Å². The molecule has 3 aromatic rings. The zero-order valence-corrected chi connectivity index (χ0v) is 18.4. The Bertz CT molecular complexity index is 1140. The highest BCUT2D eigenvalue weighted by Crippen LogP contribution is 2.35. The maximum Gasteiger partial charge on any atom is 0.249 e. The van der Waals surface area contributed by atoms with Crippen LogP contribution in [-0.4, -0.2) is 15.2 Å². The second kappa shape index (κ2) is 9.48. The molecule has 0 amide bonds. The summed E-state index contributed by atoms with van der Waals surface area (Å²) >= 11 is 13.1. The number of anilines is 4. The molecule has 0 unspecified atom stereocenters. The SMILES string of the molecule is N#C/C=C/c1cc(Br)c(Nc2nnc(Cl)c(Nc3ccc(C#N)cc3)n2)c(Br)c1. The molecular formula is C19H10Br2ClN7. The summed E-state index contributed by atoms with van der Waals surface area (Å²) in [5, 5.41) is 31.7. The predicted octanol–water partition coefficient (Wildman–Crippen LogP) is 5.95. The molecule has 2 aromatic carbocycles. The van der Waals surface area contributed by atoms with Gasteiger partial charge < -0.3 is 10.6 Å². The van der Waals surface area contributed by atoms with E-state index in [0.29, 0.717) is 22.8 Å². The van der Waals surface area contributed by atoms with E-state index in [0.717, 1.165) is 14.5 Å². The van der Waals surface area contributed by atoms with E-state index in [2.05, 4.69) is 63.7 Å². The first-order valence-corrected chi connectivity index (χ1v) is 9.96. The van der Waals surface area contributed by atoms with Crippen LogP contribution < -0.4 is 10.6 Å². The van der Waals surface area contributed by atoms with Crippen LogP contribution in [0.3, 0.4) is 0 Å². The monoisotopic (exact) mass is 529 g/mol. The van der Waals surface area contributed by atoms with Crippen LogP contribution >= 0.6 is 43.5 Å². The second-order valence-corrected chi connectivity index (χ2v) is 7.60. The lowest BCUT2D eigenvalue weighted by molar-refractivity contribution is 0.982. The fourth-order valence-corrected chi connectivity index (χ4v) is 3.81. The van der Waals surface area contributed by atoms with Gasteiger partial charge in [-0.2, -0.15) is 15.5 Å². The van der Waals surface area contributed by atoms with Gasteiger partial charge in [-0.1, -0.05) is 11.6 Å². The van der Waals surface area contributed by atoms with Crippen molar-refractivity contribution < 1.29 is 0 Å². The van der Waals surface area contributed by atoms with Crippen LogP contribution in [0.5, 0.6) is 0 Å². The standard InChI is InChI=1S/C19H10Br2ClN7/c20-14-8-12(2-1-7-23)9-15(21)16(14)26-19-27-18(17(22)28-29-19)25-13-5-3-11(10-24)4-6-13/h1-6,8-9H,(H2,25,26,27,29)/b2-1+. The number of halogens is 3. The van der Waals surface area contributed by atoms with Crippen LogP contribution in [0.15, 0.2) is 51.4 Å². The van der Waals surface area contributed by atoms with Crippen molar-refractivity contribution in [1.29, 1.82) is 10.5 Å². The summed E-state index contributed by atoms with van der Waals surface area (Å²) in [6, 6.07) is 14.6. The predicted molar refractivity (Wildman–Crippen MR) is 119 cm³/mol. The number of nitrogens with zero attached hydrogens (tertiary/aromatic N) is 5. The number of benzene rings is 2. The van der Waals surface area contributed by atoms with Crippen molar-refractivity contribution in [1.82, 2.24) is 15.2 Å². The number of nitrogens with one attached hydrogen (secondary N) is 2. The van der Waals surface area contributed by atoms with Crippen molar-refractivity contribution in [3.63, 3.8) is 0 Å². The normalized spacial score (nSPS) is 10.4. The molecule has 3 rings (SSSR count). The summed E-state index contributed by atoms with van der Waals surface area (Å²) in [6.07, 6.45) is 3.09. The molecular weight excluding hydrogens is 522 g/mol. The molecule has 0 bridgehead atoms. The largest absolute Gasteiger partial charge is 0.337 e. The third kappa shape index (κ3) is 5.30. The molecule has 0 aliphatic rings. The first-order valence-electron chi connectivity index (χ1n) is 8.00. The third-order valence-corrected chi connectivity index (χ3v) is 5.08. The van der Waals surface area contributed by atoms with Gasteiger partial charge in [-0.25, -0.2) is 0 Å². The van der Waals surface area contributed by atoms with Gasteiger partial charge >= 0.3 is 0 Å². The van der Waals surface area contributed by atoms with Crippen molar-refractivity contribution in [2.24, 2.45) is 0 Å². The highest BCUT2D eigenvalue weighted by atomic mass is 79.9. The number of rotatable bonds is 5. The topological polar surface area (TPSA) is 110 Å². The van der Waals surface area contributed by atoms with E-state index in [4.69, 9.17) is 22.1 Å². The minimum Gasteiger partial charge on any atom is -0.337 e. The summed E-state index contributed by atoms with van der Waals surface area (Å²) in [6.45, 7) is 0. The number of allylic oxidation sites excluding steroid dienone is 1. The minimum atomic E-state index is 0.107. The van der Waals surface area contributed by atoms with Gasteiger partial charge in [0.05, 0.1) is 23.4 Å². The fourth-order valence-electron chi connectivity index (χ4n) is 2.26. The van der Waals surface area contributed by atoms with Gasteiger partial charge in [-0.05, 0) is 79.9 Å². The lowest BCUT2D eigenvalue weighted by Gasteiger charge is -2.12. The Balaban J connectivity index is 1.85. The zero-order valence-electron chi connectivity index (χ0n) is 14.5. The van der Waals surface area contributed by atoms with E-state index in [9.17, 15) is 0 Å². The summed E-state index contributed by atoms with van der Waals surface area (Å²) in [5.74, 6) is 0.543. The van der Waals surface area contributed by atoms with Crippen LogP contribution in [0.25, 0.3) is 6.08 Å². The molecule has 10 heteroatoms. The Labute approximate surface area is 188 Å². The van der Waals surface area contributed by atoms with Gasteiger partial charge in [-0.3, -0.25) is 0 Å². The van der Waals surface area contributed by atoms with Gasteiger partial charge in [0.1, 0.15) is 0 Å². The first-order chi connectivity index (χ1) is 14.0. The minimum absolute atomic E-state index is 0.107. The smallest absolute Gasteiger partial charge is 0.249 e. The molecule has 0 radical (unpaired) electrons. The zero-order chi connectivity index (χ0) is 20.8. The average Bonchev–Trinajstić information content (AvgIpc) is 2.72. The number of hydrogen-bond donors (Lipinski definition) is 2. The Kier molecular flexibility index (Phi) is 6.78. The molecule has 0 atom stereocenters. The Hall–Kier alpha value is -2.98. The van der Waals surface area contributed by atoms with Crippen molar-refractivity contribution in [3.8, 4) is 12.1 Å². The molecule has 0 saturated heterocycles. The van der Waals surface area contributed by atoms with Gasteiger partial charge in [-0.15, -0.1) is 10.2 Å². The molecule has 1 heterocycles. The summed E-state index contributed by atoms with van der Waals surface area (Å²) in [7, 11) is 0. The molecule has 0 saturated carbocycles. The van der Waals surface area contributed by atoms with Crippen molar-refractivity contribution >= 4 is 72.7 Å². The third-order valence-electron chi connectivity index (χ3n) is 3.57. The molecule has 7 nitrogen and oxygen atoms in total. The molecule has 1 aromatic heterocycles. The molecule has 29 heavy (non-hydrogen) atoms. The van der Waals surface area contributed by atoms with Gasteiger partial charge in [0.25, 0.3) is 0 Å². The van der Waals surface area contributed by atoms with Crippen LogP contribution in [0, 0.1) is 22.7 Å². The molecule has 0 aliphatic carbocycles. The average molecular weight is 532 g/mol. The van der Waals surface area contributed by atoms with Gasteiger partial charge in [0.15, 0.2) is 11.0 Å². The van der Waals surface area contributed by atoms with E-state index >= 15 is 0 Å². The highest BCUT2D eigenvalue weighted by Gasteiger charge is 2.12. The molecule has 0 fully saturated rings. The lowest BCUT2D eigenvalue weighted by Crippen LogP contribution is -2.04. The van der Waals surface area contributed by atoms with E-state index in [1.807, 2.05) is 18.2 Å². The van der Waals surface area contributed by atoms with Crippen molar-refractivity contribution in [2.45, 2.75) is 0 Å². The van der Waals surface area contributed by atoms with Gasteiger partial charge in [0.2, 0.25) is 5.95 Å². The van der Waals surface area contributed by atoms with E-state index in [1.54, 1.807) is 30.3 Å². The van der Waals surface area contributed by atoms with Crippen LogP contribution in [0.1, 0.15) is 11.1 Å². The molecule has 142 valence electrons. The Morgan fingerprint density at radius 2 is 1.69 bits per heavy atom. The quantitative estimate of drug-likeness (QED) is 0.392. The summed E-state index contributed by atoms with van der Waals surface area (Å²) in [4.78, 5) is 4.37. The Morgan fingerprint density at radius 3 is 2.31 bits per heavy atom. The fraction of sp³-hybridized carbons (Fsp3) is 0. The molecule has 2 N–H and O–H groups in total. The summed E-state index contributed by atoms with van der Waals surface area (Å²) < 4.78 is 1.48. The number of hydrogen-bond acceptors (Lipinski definition) is 7. The van der Waals surface area contributed by atoms with Gasteiger partial charge in [0, 0.05) is 20.7 Å². The maximum absolute atomic E-state index is 8.89. The maximum atomic E-state index is 8.89. The summed E-state index contributed by atoms with van der Waals surface area (Å²) in [5.41, 5.74) is 2.78. The number of nitriles is 2. The first kappa shape index (κ1) is 20.7. The van der Waals surface area contributed by atoms with Crippen LogP contribution in [0.4, 0.5) is 23.1 Å². The molecule has 0 spiro atoms. The Morgan fingerprint density at radius 1 is 1.00 bits per heavy atom. The van der Waals surface area contributed by atoms with Crippen LogP contribution in [0.2, 0.25) is 5.15 Å². The van der Waals surface area contributed by atoms with Crippen molar-refractivity contribution in [2.75, 3.05) is 10.6 Å². The van der Waals surface area contributed by atoms with Crippen LogP contribution in [-0.2, 0) is 0 Å². The highest BCUT2D eigenvalue weighted by molar-refractivity contribution is 9.11. The second-order valence-electron chi connectivity index (χ2n) is 5.54.